The van der Waals surface area contributed by atoms with Gasteiger partial charge in [-0.15, -0.1) is 0 Å². The first kappa shape index (κ1) is 38.4. The second-order valence-electron chi connectivity index (χ2n) is 16.0. The van der Waals surface area contributed by atoms with Gasteiger partial charge in [-0.3, -0.25) is 9.98 Å². The molecule has 0 bridgehead atoms. The smallest absolute Gasteiger partial charge is 0.132 e. The zero-order valence-electron chi connectivity index (χ0n) is 34.6. The van der Waals surface area contributed by atoms with Gasteiger partial charge in [-0.25, -0.2) is 0 Å². The third-order valence-electron chi connectivity index (χ3n) is 12.2. The van der Waals surface area contributed by atoms with E-state index in [9.17, 15) is 10.2 Å². The first-order chi connectivity index (χ1) is 30.4. The summed E-state index contributed by atoms with van der Waals surface area (Å²) in [6.45, 7) is 4.06. The molecular formula is C58H44N2O2. The number of aromatic hydroxyl groups is 2. The number of nitrogens with zero attached hydrogens (tertiary/aromatic N) is 2. The lowest BCUT2D eigenvalue weighted by Crippen LogP contribution is -2.16. The van der Waals surface area contributed by atoms with Gasteiger partial charge in [-0.05, 0) is 91.3 Å². The summed E-state index contributed by atoms with van der Waals surface area (Å²) in [5.74, 6) is 0.363. The molecule has 298 valence electrons. The van der Waals surface area contributed by atoms with Crippen LogP contribution in [0.3, 0.4) is 0 Å². The number of aliphatic imine (C=N–C) groups is 2. The maximum atomic E-state index is 12.3. The van der Waals surface area contributed by atoms with Crippen molar-refractivity contribution in [2.75, 3.05) is 0 Å². The predicted octanol–water partition coefficient (Wildman–Crippen LogP) is 14.7. The van der Waals surface area contributed by atoms with Gasteiger partial charge >= 0.3 is 0 Å². The fourth-order valence-corrected chi connectivity index (χ4v) is 8.86. The van der Waals surface area contributed by atoms with Crippen LogP contribution in [0.15, 0.2) is 204 Å². The number of fused-ring (bicyclic) bond motifs is 4. The van der Waals surface area contributed by atoms with Crippen molar-refractivity contribution in [3.05, 3.63) is 205 Å². The zero-order valence-corrected chi connectivity index (χ0v) is 34.6. The van der Waals surface area contributed by atoms with E-state index >= 15 is 0 Å². The summed E-state index contributed by atoms with van der Waals surface area (Å²) in [6.07, 6.45) is 3.57. The van der Waals surface area contributed by atoms with Crippen molar-refractivity contribution in [3.8, 4) is 56.0 Å². The monoisotopic (exact) mass is 800 g/mol. The highest BCUT2D eigenvalue weighted by Crippen LogP contribution is 2.48. The maximum absolute atomic E-state index is 12.3. The number of phenolic OH excluding ortho intramolecular Hbond substituents is 2. The van der Waals surface area contributed by atoms with Gasteiger partial charge in [0.1, 0.15) is 11.5 Å². The summed E-state index contributed by atoms with van der Waals surface area (Å²) in [4.78, 5) is 10.0. The lowest BCUT2D eigenvalue weighted by Gasteiger charge is -2.19. The molecule has 0 fully saturated rings. The molecule has 10 aromatic carbocycles. The predicted molar refractivity (Wildman–Crippen MR) is 262 cm³/mol. The highest BCUT2D eigenvalue weighted by Gasteiger charge is 2.22. The van der Waals surface area contributed by atoms with E-state index in [2.05, 4.69) is 109 Å². The molecule has 62 heavy (non-hydrogen) atoms. The molecule has 4 heteroatoms. The van der Waals surface area contributed by atoms with Gasteiger partial charge in [0.05, 0.1) is 12.1 Å². The van der Waals surface area contributed by atoms with Crippen LogP contribution in [0.4, 0.5) is 0 Å². The molecular weight excluding hydrogens is 757 g/mol. The molecule has 0 saturated carbocycles. The first-order valence-corrected chi connectivity index (χ1v) is 21.2. The van der Waals surface area contributed by atoms with Crippen LogP contribution in [0.25, 0.3) is 87.6 Å². The van der Waals surface area contributed by atoms with Crippen molar-refractivity contribution in [1.29, 1.82) is 0 Å². The second kappa shape index (κ2) is 16.3. The number of phenols is 2. The largest absolute Gasteiger partial charge is 0.507 e. The molecule has 2 atom stereocenters. The lowest BCUT2D eigenvalue weighted by atomic mass is 9.86. The van der Waals surface area contributed by atoms with Crippen molar-refractivity contribution >= 4 is 55.5 Å². The molecule has 0 aliphatic carbocycles. The Labute approximate surface area is 361 Å². The summed E-state index contributed by atoms with van der Waals surface area (Å²) in [6, 6.07) is 66.0. The Morgan fingerprint density at radius 3 is 1.06 bits per heavy atom. The van der Waals surface area contributed by atoms with Crippen LogP contribution in [0.5, 0.6) is 11.5 Å². The Hall–Kier alpha value is -7.82. The van der Waals surface area contributed by atoms with E-state index < -0.39 is 0 Å². The van der Waals surface area contributed by atoms with Crippen LogP contribution < -0.4 is 0 Å². The molecule has 0 amide bonds. The Balaban J connectivity index is 1.04. The van der Waals surface area contributed by atoms with E-state index in [1.54, 1.807) is 12.4 Å². The molecule has 10 aromatic rings. The summed E-state index contributed by atoms with van der Waals surface area (Å²) in [5, 5.41) is 32.9. The van der Waals surface area contributed by atoms with E-state index in [1.165, 1.54) is 0 Å². The molecule has 0 saturated heterocycles. The van der Waals surface area contributed by atoms with Crippen LogP contribution in [-0.4, -0.2) is 34.7 Å². The van der Waals surface area contributed by atoms with E-state index in [0.717, 1.165) is 87.6 Å². The quantitative estimate of drug-likeness (QED) is 0.143. The van der Waals surface area contributed by atoms with Gasteiger partial charge in [0.25, 0.3) is 0 Å². The average Bonchev–Trinajstić information content (AvgIpc) is 3.32. The minimum atomic E-state index is -0.247. The molecule has 10 rings (SSSR count). The number of benzene rings is 10. The van der Waals surface area contributed by atoms with Crippen molar-refractivity contribution in [2.45, 2.75) is 25.9 Å². The van der Waals surface area contributed by atoms with Crippen LogP contribution in [0.1, 0.15) is 25.0 Å². The highest BCUT2D eigenvalue weighted by atomic mass is 16.3. The second-order valence-corrected chi connectivity index (χ2v) is 16.0. The minimum absolute atomic E-state index is 0.182. The average molecular weight is 801 g/mol. The van der Waals surface area contributed by atoms with Gasteiger partial charge in [0, 0.05) is 45.8 Å². The van der Waals surface area contributed by atoms with Gasteiger partial charge in [-0.2, -0.15) is 0 Å². The number of rotatable bonds is 9. The zero-order chi connectivity index (χ0) is 42.2. The molecule has 0 aliphatic rings. The summed E-state index contributed by atoms with van der Waals surface area (Å²) in [5.41, 5.74) is 9.05. The highest BCUT2D eigenvalue weighted by molar-refractivity contribution is 6.16. The van der Waals surface area contributed by atoms with Crippen LogP contribution in [0, 0.1) is 0 Å². The SMILES string of the molecule is C[C@@H](N=Cc1cc2ccccc2c(-c2c(-c3ccccc3)ccc3ccccc23)c1O)[C@@H](C)N=Cc1cc2ccccc2c(-c2c(-c3ccccc3)ccc3ccccc23)c1O. The third-order valence-corrected chi connectivity index (χ3v) is 12.2. The topological polar surface area (TPSA) is 65.2 Å². The molecule has 0 unspecified atom stereocenters. The van der Waals surface area contributed by atoms with Gasteiger partial charge in [0.15, 0.2) is 0 Å². The molecule has 0 radical (unpaired) electrons. The Morgan fingerprint density at radius 1 is 0.355 bits per heavy atom. The van der Waals surface area contributed by atoms with Gasteiger partial charge < -0.3 is 10.2 Å². The van der Waals surface area contributed by atoms with Gasteiger partial charge in [0.2, 0.25) is 0 Å². The van der Waals surface area contributed by atoms with E-state index in [1.807, 2.05) is 98.8 Å². The van der Waals surface area contributed by atoms with E-state index in [4.69, 9.17) is 9.98 Å². The summed E-state index contributed by atoms with van der Waals surface area (Å²) >= 11 is 0. The maximum Gasteiger partial charge on any atom is 0.132 e. The van der Waals surface area contributed by atoms with Gasteiger partial charge in [-0.1, -0.05) is 182 Å². The van der Waals surface area contributed by atoms with Crippen LogP contribution in [-0.2, 0) is 0 Å². The normalized spacial score (nSPS) is 12.9. The lowest BCUT2D eigenvalue weighted by molar-refractivity contribution is 0.476. The Kier molecular flexibility index (Phi) is 10.1. The third kappa shape index (κ3) is 6.96. The van der Waals surface area contributed by atoms with Crippen LogP contribution >= 0.6 is 0 Å². The Morgan fingerprint density at radius 2 is 0.677 bits per heavy atom. The Bertz CT molecular complexity index is 3130. The fourth-order valence-electron chi connectivity index (χ4n) is 8.86. The first-order valence-electron chi connectivity index (χ1n) is 21.2. The summed E-state index contributed by atoms with van der Waals surface area (Å²) in [7, 11) is 0. The van der Waals surface area contributed by atoms with Crippen molar-refractivity contribution in [3.63, 3.8) is 0 Å². The fraction of sp³-hybridized carbons (Fsp3) is 0.0690. The van der Waals surface area contributed by atoms with Crippen molar-refractivity contribution in [2.24, 2.45) is 9.98 Å². The molecule has 0 aromatic heterocycles. The van der Waals surface area contributed by atoms with Crippen molar-refractivity contribution < 1.29 is 10.2 Å². The summed E-state index contributed by atoms with van der Waals surface area (Å²) < 4.78 is 0. The van der Waals surface area contributed by atoms with Crippen molar-refractivity contribution in [1.82, 2.24) is 0 Å². The molecule has 4 nitrogen and oxygen atoms in total. The standard InChI is InChI=1S/C58H44N2O2/c1-37(59-35-45-33-43-23-11-15-27-49(43)55(57(45)61)53-47-25-13-9-21-41(47)29-31-51(53)39-17-5-3-6-18-39)38(2)60-36-46-34-44-24-12-16-28-50(44)56(58(46)62)54-48-26-14-10-22-42(48)30-32-52(54)40-19-7-4-8-20-40/h3-38,61-62H,1-2H3/t37-,38-/m1/s1. The molecule has 0 heterocycles. The van der Waals surface area contributed by atoms with E-state index in [0.29, 0.717) is 11.1 Å². The van der Waals surface area contributed by atoms with Crippen LogP contribution in [0.2, 0.25) is 0 Å². The minimum Gasteiger partial charge on any atom is -0.507 e. The molecule has 0 spiro atoms. The molecule has 2 N–H and O–H groups in total. The molecule has 0 aliphatic heterocycles. The van der Waals surface area contributed by atoms with E-state index in [-0.39, 0.29) is 23.6 Å². The number of hydrogen-bond acceptors (Lipinski definition) is 4. The number of hydrogen-bond donors (Lipinski definition) is 2.